The number of hydrogen-bond acceptors (Lipinski definition) is 6. The third-order valence-corrected chi connectivity index (χ3v) is 5.74. The lowest BCUT2D eigenvalue weighted by atomic mass is 9.76. The minimum absolute atomic E-state index is 0.0259. The number of hydrogen-bond donors (Lipinski definition) is 2. The van der Waals surface area contributed by atoms with E-state index in [0.29, 0.717) is 0 Å². The van der Waals surface area contributed by atoms with Crippen LogP contribution in [0.1, 0.15) is 23.6 Å². The highest BCUT2D eigenvalue weighted by molar-refractivity contribution is 5.77. The van der Waals surface area contributed by atoms with Crippen LogP contribution in [0.2, 0.25) is 0 Å². The molecule has 0 aliphatic carbocycles. The van der Waals surface area contributed by atoms with Crippen LogP contribution >= 0.6 is 0 Å². The van der Waals surface area contributed by atoms with Crippen molar-refractivity contribution in [2.24, 2.45) is 0 Å². The first-order chi connectivity index (χ1) is 16.0. The van der Waals surface area contributed by atoms with Crippen LogP contribution in [0, 0.1) is 0 Å². The molecule has 0 saturated heterocycles. The highest BCUT2D eigenvalue weighted by atomic mass is 16.5. The van der Waals surface area contributed by atoms with Crippen LogP contribution in [0.15, 0.2) is 91.0 Å². The van der Waals surface area contributed by atoms with Crippen LogP contribution in [-0.4, -0.2) is 44.8 Å². The lowest BCUT2D eigenvalue weighted by Gasteiger charge is -2.41. The van der Waals surface area contributed by atoms with Gasteiger partial charge in [-0.05, 0) is 23.6 Å². The van der Waals surface area contributed by atoms with Crippen molar-refractivity contribution in [3.8, 4) is 0 Å². The Morgan fingerprint density at radius 1 is 0.758 bits per heavy atom. The third-order valence-electron chi connectivity index (χ3n) is 5.74. The summed E-state index contributed by atoms with van der Waals surface area (Å²) >= 11 is 0. The van der Waals surface area contributed by atoms with Gasteiger partial charge >= 0.3 is 11.9 Å². The summed E-state index contributed by atoms with van der Waals surface area (Å²) in [6.07, 6.45) is 0. The predicted molar refractivity (Wildman–Crippen MR) is 128 cm³/mol. The summed E-state index contributed by atoms with van der Waals surface area (Å²) in [5.74, 6) is -0.849. The lowest BCUT2D eigenvalue weighted by molar-refractivity contribution is -0.145. The van der Waals surface area contributed by atoms with E-state index < -0.39 is 29.6 Å². The molecule has 3 rings (SSSR count). The second-order valence-corrected chi connectivity index (χ2v) is 7.74. The van der Waals surface area contributed by atoms with Gasteiger partial charge in [-0.15, -0.1) is 0 Å². The third kappa shape index (κ3) is 5.48. The maximum atomic E-state index is 13.0. The van der Waals surface area contributed by atoms with E-state index in [1.807, 2.05) is 97.9 Å². The molecule has 2 atom stereocenters. The number of esters is 2. The number of benzene rings is 3. The van der Waals surface area contributed by atoms with Crippen molar-refractivity contribution in [2.75, 3.05) is 20.8 Å². The van der Waals surface area contributed by atoms with Gasteiger partial charge in [-0.25, -0.2) is 0 Å². The van der Waals surface area contributed by atoms with Crippen LogP contribution in [0.25, 0.3) is 0 Å². The molecule has 0 heterocycles. The van der Waals surface area contributed by atoms with E-state index in [0.717, 1.165) is 16.7 Å². The summed E-state index contributed by atoms with van der Waals surface area (Å²) in [5, 5.41) is 6.71. The molecule has 0 spiro atoms. The van der Waals surface area contributed by atoms with Crippen molar-refractivity contribution in [3.63, 3.8) is 0 Å². The van der Waals surface area contributed by atoms with Gasteiger partial charge in [0.15, 0.2) is 0 Å². The summed E-state index contributed by atoms with van der Waals surface area (Å²) in [4.78, 5) is 24.7. The van der Waals surface area contributed by atoms with E-state index in [-0.39, 0.29) is 6.54 Å². The summed E-state index contributed by atoms with van der Waals surface area (Å²) in [6, 6.07) is 28.7. The maximum Gasteiger partial charge on any atom is 0.324 e. The fraction of sp³-hybridized carbons (Fsp3) is 0.259. The fourth-order valence-corrected chi connectivity index (χ4v) is 4.00. The molecule has 0 aromatic heterocycles. The van der Waals surface area contributed by atoms with Crippen LogP contribution in [0.4, 0.5) is 0 Å². The van der Waals surface area contributed by atoms with Gasteiger partial charge in [-0.2, -0.15) is 0 Å². The van der Waals surface area contributed by atoms with Gasteiger partial charge in [0, 0.05) is 6.04 Å². The maximum absolute atomic E-state index is 13.0. The molecule has 3 aromatic carbocycles. The molecule has 33 heavy (non-hydrogen) atoms. The Labute approximate surface area is 194 Å². The molecule has 0 unspecified atom stereocenters. The highest BCUT2D eigenvalue weighted by Crippen LogP contribution is 2.37. The molecule has 3 aromatic rings. The van der Waals surface area contributed by atoms with Crippen molar-refractivity contribution >= 4 is 11.9 Å². The molecule has 172 valence electrons. The molecule has 6 nitrogen and oxygen atoms in total. The topological polar surface area (TPSA) is 76.7 Å². The summed E-state index contributed by atoms with van der Waals surface area (Å²) < 4.78 is 9.90. The van der Waals surface area contributed by atoms with E-state index in [4.69, 9.17) is 9.47 Å². The monoisotopic (exact) mass is 446 g/mol. The van der Waals surface area contributed by atoms with Gasteiger partial charge in [0.2, 0.25) is 0 Å². The van der Waals surface area contributed by atoms with Gasteiger partial charge < -0.3 is 14.8 Å². The summed E-state index contributed by atoms with van der Waals surface area (Å²) in [5.41, 5.74) is 2.05. The summed E-state index contributed by atoms with van der Waals surface area (Å²) in [7, 11) is 2.69. The molecule has 6 heteroatoms. The fourth-order valence-electron chi connectivity index (χ4n) is 4.00. The van der Waals surface area contributed by atoms with Crippen LogP contribution < -0.4 is 10.6 Å². The number of carbonyl (C=O) groups excluding carboxylic acids is 2. The Bertz CT molecular complexity index is 929. The molecule has 0 aliphatic rings. The zero-order valence-corrected chi connectivity index (χ0v) is 19.2. The van der Waals surface area contributed by atoms with E-state index in [9.17, 15) is 9.59 Å². The molecule has 0 fully saturated rings. The first-order valence-electron chi connectivity index (χ1n) is 10.8. The number of nitrogens with one attached hydrogen (secondary N) is 2. The van der Waals surface area contributed by atoms with Crippen molar-refractivity contribution in [1.29, 1.82) is 0 Å². The molecule has 0 bridgehead atoms. The minimum Gasteiger partial charge on any atom is -0.468 e. The van der Waals surface area contributed by atoms with Gasteiger partial charge in [-0.3, -0.25) is 14.9 Å². The Morgan fingerprint density at radius 2 is 1.18 bits per heavy atom. The second-order valence-electron chi connectivity index (χ2n) is 7.74. The molecule has 2 N–H and O–H groups in total. The average Bonchev–Trinajstić information content (AvgIpc) is 2.89. The van der Waals surface area contributed by atoms with Crippen molar-refractivity contribution in [1.82, 2.24) is 10.6 Å². The normalized spacial score (nSPS) is 13.1. The lowest BCUT2D eigenvalue weighted by Crippen LogP contribution is -2.60. The van der Waals surface area contributed by atoms with Crippen molar-refractivity contribution < 1.29 is 19.1 Å². The SMILES string of the molecule is COC(=O)CN[C@H](C)[C@H](NC(c1ccccc1)(c1ccccc1)c1ccccc1)C(=O)OC. The standard InChI is InChI=1S/C27H30N2O4/c1-20(28-19-24(30)32-2)25(26(31)33-3)29-27(21-13-7-4-8-14-21,22-15-9-5-10-16-22)23-17-11-6-12-18-23/h4-18,20,25,28-29H,19H2,1-3H3/t20-,25+/m1/s1. The van der Waals surface area contributed by atoms with Crippen LogP contribution in [0.3, 0.4) is 0 Å². The molecular weight excluding hydrogens is 416 g/mol. The van der Waals surface area contributed by atoms with E-state index >= 15 is 0 Å². The van der Waals surface area contributed by atoms with Crippen LogP contribution in [-0.2, 0) is 24.6 Å². The molecule has 0 saturated carbocycles. The van der Waals surface area contributed by atoms with Crippen molar-refractivity contribution in [3.05, 3.63) is 108 Å². The number of carbonyl (C=O) groups is 2. The molecular formula is C27H30N2O4. The highest BCUT2D eigenvalue weighted by Gasteiger charge is 2.41. The molecule has 0 aliphatic heterocycles. The zero-order chi connectivity index (χ0) is 23.7. The summed E-state index contributed by atoms with van der Waals surface area (Å²) in [6.45, 7) is 1.81. The van der Waals surface area contributed by atoms with Gasteiger partial charge in [0.05, 0.1) is 26.3 Å². The molecule has 0 amide bonds. The first kappa shape index (κ1) is 24.2. The number of methoxy groups -OCH3 is 2. The number of ether oxygens (including phenoxy) is 2. The number of rotatable bonds is 10. The van der Waals surface area contributed by atoms with Gasteiger partial charge in [0.1, 0.15) is 6.04 Å². The zero-order valence-electron chi connectivity index (χ0n) is 19.2. The Hall–Kier alpha value is -3.48. The van der Waals surface area contributed by atoms with Crippen molar-refractivity contribution in [2.45, 2.75) is 24.5 Å². The predicted octanol–water partition coefficient (Wildman–Crippen LogP) is 3.26. The smallest absolute Gasteiger partial charge is 0.324 e. The van der Waals surface area contributed by atoms with E-state index in [1.54, 1.807) is 0 Å². The minimum atomic E-state index is -0.857. The Kier molecular flexibility index (Phi) is 8.35. The van der Waals surface area contributed by atoms with E-state index in [2.05, 4.69) is 10.6 Å². The Balaban J connectivity index is 2.17. The Morgan fingerprint density at radius 3 is 1.55 bits per heavy atom. The quantitative estimate of drug-likeness (QED) is 0.368. The second kappa shape index (κ2) is 11.4. The molecule has 0 radical (unpaired) electrons. The van der Waals surface area contributed by atoms with Gasteiger partial charge in [0.25, 0.3) is 0 Å². The van der Waals surface area contributed by atoms with E-state index in [1.165, 1.54) is 14.2 Å². The van der Waals surface area contributed by atoms with Gasteiger partial charge in [-0.1, -0.05) is 91.0 Å². The largest absolute Gasteiger partial charge is 0.468 e. The van der Waals surface area contributed by atoms with Crippen LogP contribution in [0.5, 0.6) is 0 Å². The first-order valence-corrected chi connectivity index (χ1v) is 10.8. The average molecular weight is 447 g/mol.